The molecule has 122 valence electrons. The van der Waals surface area contributed by atoms with Gasteiger partial charge in [0.05, 0.1) is 0 Å². The third kappa shape index (κ3) is 4.07. The van der Waals surface area contributed by atoms with Crippen molar-refractivity contribution in [2.24, 2.45) is 11.5 Å². The second kappa shape index (κ2) is 7.23. The molecule has 6 heteroatoms. The molecule has 2 aromatic carbocycles. The fourth-order valence-electron chi connectivity index (χ4n) is 2.22. The number of primary amides is 1. The van der Waals surface area contributed by atoms with E-state index in [4.69, 9.17) is 16.9 Å². The molecule has 0 bridgehead atoms. The van der Waals surface area contributed by atoms with Crippen LogP contribution >= 0.6 is 0 Å². The summed E-state index contributed by atoms with van der Waals surface area (Å²) in [5, 5.41) is 9.35. The van der Waals surface area contributed by atoms with Gasteiger partial charge >= 0.3 is 0 Å². The lowest BCUT2D eigenvalue weighted by atomic mass is 9.97. The van der Waals surface area contributed by atoms with E-state index in [-0.39, 0.29) is 0 Å². The van der Waals surface area contributed by atoms with E-state index in [1.807, 2.05) is 24.3 Å². The normalized spacial score (nSPS) is 11.0. The standard InChI is InChI=1S/C18H18N4O2/c1-11(17(24)22-18(20)21)10-14-4-2-3-5-15(14)12-6-8-13(9-7-12)16(19)23/h2-10H,1H3,(H2,19,23)(H4,20,21,22,24)/b11-10+. The van der Waals surface area contributed by atoms with E-state index in [1.54, 1.807) is 37.3 Å². The lowest BCUT2D eigenvalue weighted by Gasteiger charge is -2.09. The average molecular weight is 322 g/mol. The zero-order valence-electron chi connectivity index (χ0n) is 13.2. The highest BCUT2D eigenvalue weighted by Crippen LogP contribution is 2.26. The van der Waals surface area contributed by atoms with Crippen LogP contribution in [0.1, 0.15) is 22.8 Å². The molecule has 24 heavy (non-hydrogen) atoms. The molecule has 0 unspecified atom stereocenters. The third-order valence-corrected chi connectivity index (χ3v) is 3.42. The molecule has 0 atom stereocenters. The van der Waals surface area contributed by atoms with E-state index < -0.39 is 17.8 Å². The molecule has 0 aromatic heterocycles. The van der Waals surface area contributed by atoms with Gasteiger partial charge in [0.25, 0.3) is 5.91 Å². The van der Waals surface area contributed by atoms with Gasteiger partial charge in [-0.25, -0.2) is 0 Å². The Kier molecular flexibility index (Phi) is 5.11. The highest BCUT2D eigenvalue weighted by molar-refractivity contribution is 6.06. The molecule has 0 aliphatic heterocycles. The van der Waals surface area contributed by atoms with Crippen molar-refractivity contribution in [3.05, 3.63) is 65.2 Å². The molecular weight excluding hydrogens is 304 g/mol. The van der Waals surface area contributed by atoms with Gasteiger partial charge in [0.1, 0.15) is 0 Å². The number of carbonyl (C=O) groups excluding carboxylic acids is 2. The van der Waals surface area contributed by atoms with Gasteiger partial charge in [0.15, 0.2) is 5.96 Å². The molecule has 2 aromatic rings. The first-order valence-electron chi connectivity index (χ1n) is 7.21. The number of hydrogen-bond donors (Lipinski definition) is 4. The van der Waals surface area contributed by atoms with Gasteiger partial charge in [-0.05, 0) is 41.8 Å². The van der Waals surface area contributed by atoms with Crippen molar-refractivity contribution >= 4 is 23.8 Å². The molecule has 6 nitrogen and oxygen atoms in total. The first-order chi connectivity index (χ1) is 11.4. The predicted octanol–water partition coefficient (Wildman–Crippen LogP) is 1.87. The Balaban J connectivity index is 2.38. The lowest BCUT2D eigenvalue weighted by Crippen LogP contribution is -2.36. The van der Waals surface area contributed by atoms with E-state index in [1.165, 1.54) is 0 Å². The average Bonchev–Trinajstić information content (AvgIpc) is 2.54. The molecular formula is C18H18N4O2. The Morgan fingerprint density at radius 2 is 1.67 bits per heavy atom. The molecule has 0 radical (unpaired) electrons. The number of benzene rings is 2. The van der Waals surface area contributed by atoms with Gasteiger partial charge in [0.2, 0.25) is 5.91 Å². The van der Waals surface area contributed by atoms with Crippen molar-refractivity contribution in [3.63, 3.8) is 0 Å². The summed E-state index contributed by atoms with van der Waals surface area (Å²) in [5.41, 5.74) is 13.9. The minimum atomic E-state index is -0.480. The lowest BCUT2D eigenvalue weighted by molar-refractivity contribution is -0.116. The van der Waals surface area contributed by atoms with Crippen LogP contribution in [0.2, 0.25) is 0 Å². The SMILES string of the molecule is C/C(=C\c1ccccc1-c1ccc(C(N)=O)cc1)C(=O)NC(=N)N. The van der Waals surface area contributed by atoms with Crippen LogP contribution < -0.4 is 16.8 Å². The van der Waals surface area contributed by atoms with Crippen molar-refractivity contribution in [2.45, 2.75) is 6.92 Å². The molecule has 0 saturated heterocycles. The monoisotopic (exact) mass is 322 g/mol. The number of amides is 2. The van der Waals surface area contributed by atoms with Gasteiger partial charge in [-0.1, -0.05) is 36.4 Å². The molecule has 2 rings (SSSR count). The summed E-state index contributed by atoms with van der Waals surface area (Å²) >= 11 is 0. The predicted molar refractivity (Wildman–Crippen MR) is 94.1 cm³/mol. The smallest absolute Gasteiger partial charge is 0.253 e. The first kappa shape index (κ1) is 17.0. The van der Waals surface area contributed by atoms with Crippen LogP contribution in [0.25, 0.3) is 17.2 Å². The van der Waals surface area contributed by atoms with Crippen molar-refractivity contribution in [3.8, 4) is 11.1 Å². The second-order valence-corrected chi connectivity index (χ2v) is 5.22. The van der Waals surface area contributed by atoms with Crippen molar-refractivity contribution in [1.29, 1.82) is 5.41 Å². The van der Waals surface area contributed by atoms with Crippen molar-refractivity contribution in [2.75, 3.05) is 0 Å². The molecule has 0 saturated carbocycles. The van der Waals surface area contributed by atoms with E-state index in [2.05, 4.69) is 5.32 Å². The summed E-state index contributed by atoms with van der Waals surface area (Å²) < 4.78 is 0. The maximum atomic E-state index is 11.9. The van der Waals surface area contributed by atoms with Crippen molar-refractivity contribution < 1.29 is 9.59 Å². The number of rotatable bonds is 4. The van der Waals surface area contributed by atoms with E-state index >= 15 is 0 Å². The summed E-state index contributed by atoms with van der Waals surface area (Å²) in [6.07, 6.45) is 1.72. The van der Waals surface area contributed by atoms with Crippen molar-refractivity contribution in [1.82, 2.24) is 5.32 Å². The Morgan fingerprint density at radius 1 is 1.04 bits per heavy atom. The number of hydrogen-bond acceptors (Lipinski definition) is 3. The molecule has 6 N–H and O–H groups in total. The van der Waals surface area contributed by atoms with Crippen LogP contribution in [0.4, 0.5) is 0 Å². The van der Waals surface area contributed by atoms with E-state index in [0.29, 0.717) is 11.1 Å². The van der Waals surface area contributed by atoms with Gasteiger partial charge in [-0.15, -0.1) is 0 Å². The molecule has 0 heterocycles. The molecule has 0 spiro atoms. The van der Waals surface area contributed by atoms with Gasteiger partial charge in [0, 0.05) is 11.1 Å². The van der Waals surface area contributed by atoms with Gasteiger partial charge in [-0.2, -0.15) is 0 Å². The quantitative estimate of drug-likeness (QED) is 0.390. The summed E-state index contributed by atoms with van der Waals surface area (Å²) in [6, 6.07) is 14.5. The number of guanidine groups is 1. The Hall–Kier alpha value is -3.41. The summed E-state index contributed by atoms with van der Waals surface area (Å²) in [7, 11) is 0. The molecule has 0 aliphatic carbocycles. The summed E-state index contributed by atoms with van der Waals surface area (Å²) in [4.78, 5) is 23.0. The Labute approximate surface area is 139 Å². The third-order valence-electron chi connectivity index (χ3n) is 3.42. The highest BCUT2D eigenvalue weighted by Gasteiger charge is 2.08. The van der Waals surface area contributed by atoms with Crippen LogP contribution in [-0.4, -0.2) is 17.8 Å². The van der Waals surface area contributed by atoms with Crippen LogP contribution in [0.5, 0.6) is 0 Å². The van der Waals surface area contributed by atoms with Gasteiger partial charge < -0.3 is 11.5 Å². The number of nitrogens with two attached hydrogens (primary N) is 2. The molecule has 2 amide bonds. The first-order valence-corrected chi connectivity index (χ1v) is 7.21. The Morgan fingerprint density at radius 3 is 2.25 bits per heavy atom. The minimum absolute atomic E-state index is 0.400. The van der Waals surface area contributed by atoms with Crippen LogP contribution in [-0.2, 0) is 4.79 Å². The summed E-state index contributed by atoms with van der Waals surface area (Å²) in [6.45, 7) is 1.64. The zero-order valence-corrected chi connectivity index (χ0v) is 13.2. The number of nitrogens with one attached hydrogen (secondary N) is 2. The minimum Gasteiger partial charge on any atom is -0.370 e. The fourth-order valence-corrected chi connectivity index (χ4v) is 2.22. The topological polar surface area (TPSA) is 122 Å². The molecule has 0 fully saturated rings. The van der Waals surface area contributed by atoms with Crippen LogP contribution in [0.3, 0.4) is 0 Å². The number of carbonyl (C=O) groups is 2. The molecule has 0 aliphatic rings. The Bertz CT molecular complexity index is 823. The van der Waals surface area contributed by atoms with Crippen LogP contribution in [0, 0.1) is 5.41 Å². The van der Waals surface area contributed by atoms with E-state index in [0.717, 1.165) is 16.7 Å². The second-order valence-electron chi connectivity index (χ2n) is 5.22. The largest absolute Gasteiger partial charge is 0.370 e. The van der Waals surface area contributed by atoms with Crippen LogP contribution in [0.15, 0.2) is 54.1 Å². The van der Waals surface area contributed by atoms with Gasteiger partial charge in [-0.3, -0.25) is 20.3 Å². The maximum absolute atomic E-state index is 11.9. The zero-order chi connectivity index (χ0) is 17.7. The highest BCUT2D eigenvalue weighted by atomic mass is 16.2. The maximum Gasteiger partial charge on any atom is 0.253 e. The van der Waals surface area contributed by atoms with E-state index in [9.17, 15) is 9.59 Å². The fraction of sp³-hybridized carbons (Fsp3) is 0.0556. The summed E-state index contributed by atoms with van der Waals surface area (Å²) in [5.74, 6) is -1.31.